The van der Waals surface area contributed by atoms with Crippen molar-refractivity contribution in [2.75, 3.05) is 13.2 Å². The summed E-state index contributed by atoms with van der Waals surface area (Å²) in [6, 6.07) is 0. The number of ether oxygens (including phenoxy) is 2. The lowest BCUT2D eigenvalue weighted by Gasteiger charge is -2.06. The molecule has 0 radical (unpaired) electrons. The summed E-state index contributed by atoms with van der Waals surface area (Å²) in [5, 5.41) is 0. The number of rotatable bonds is 28. The summed E-state index contributed by atoms with van der Waals surface area (Å²) < 4.78 is 10.2. The lowest BCUT2D eigenvalue weighted by molar-refractivity contribution is -0.158. The van der Waals surface area contributed by atoms with Gasteiger partial charge >= 0.3 is 11.9 Å². The van der Waals surface area contributed by atoms with E-state index in [4.69, 9.17) is 9.47 Å². The minimum Gasteiger partial charge on any atom is -0.463 e. The molecule has 0 aliphatic carbocycles. The lowest BCUT2D eigenvalue weighted by Crippen LogP contribution is -2.16. The van der Waals surface area contributed by atoms with Gasteiger partial charge in [0.05, 0.1) is 6.61 Å². The van der Waals surface area contributed by atoms with Crippen molar-refractivity contribution >= 4 is 11.9 Å². The van der Waals surface area contributed by atoms with Gasteiger partial charge in [-0.1, -0.05) is 135 Å². The highest BCUT2D eigenvalue weighted by Gasteiger charge is 2.08. The minimum atomic E-state index is -0.430. The number of carbonyl (C=O) groups is 2. The fraction of sp³-hybridized carbons (Fsp3) is 0.875. The second-order valence-corrected chi connectivity index (χ2v) is 10.4. The SMILES string of the molecule is CCCCCCCCC=CCCCCCCCCCCCC(=O)OCC(=O)OCCCCCCCC. The first-order valence-corrected chi connectivity index (χ1v) is 15.7. The third-order valence-corrected chi connectivity index (χ3v) is 6.75. The van der Waals surface area contributed by atoms with E-state index in [1.54, 1.807) is 0 Å². The molecular formula is C32H60O4. The first-order chi connectivity index (χ1) is 17.7. The van der Waals surface area contributed by atoms with Crippen molar-refractivity contribution in [2.45, 2.75) is 168 Å². The van der Waals surface area contributed by atoms with Crippen molar-refractivity contribution in [3.05, 3.63) is 12.2 Å². The van der Waals surface area contributed by atoms with Gasteiger partial charge in [0.25, 0.3) is 0 Å². The predicted molar refractivity (Wildman–Crippen MR) is 153 cm³/mol. The number of unbranched alkanes of at least 4 members (excludes halogenated alkanes) is 20. The van der Waals surface area contributed by atoms with Crippen molar-refractivity contribution < 1.29 is 19.1 Å². The highest BCUT2D eigenvalue weighted by molar-refractivity contribution is 5.76. The maximum atomic E-state index is 11.8. The zero-order chi connectivity index (χ0) is 26.4. The normalized spacial score (nSPS) is 11.3. The number of hydrogen-bond acceptors (Lipinski definition) is 4. The summed E-state index contributed by atoms with van der Waals surface area (Å²) >= 11 is 0. The zero-order valence-corrected chi connectivity index (χ0v) is 24.2. The molecular weight excluding hydrogens is 448 g/mol. The summed E-state index contributed by atoms with van der Waals surface area (Å²) in [4.78, 5) is 23.4. The van der Waals surface area contributed by atoms with Crippen LogP contribution in [0.25, 0.3) is 0 Å². The van der Waals surface area contributed by atoms with E-state index in [9.17, 15) is 9.59 Å². The van der Waals surface area contributed by atoms with Crippen LogP contribution in [0, 0.1) is 0 Å². The van der Waals surface area contributed by atoms with E-state index in [1.807, 2.05) is 0 Å². The van der Waals surface area contributed by atoms with Crippen molar-refractivity contribution in [3.63, 3.8) is 0 Å². The van der Waals surface area contributed by atoms with Gasteiger partial charge in [-0.05, 0) is 38.5 Å². The molecule has 36 heavy (non-hydrogen) atoms. The van der Waals surface area contributed by atoms with Crippen LogP contribution >= 0.6 is 0 Å². The first-order valence-electron chi connectivity index (χ1n) is 15.7. The maximum Gasteiger partial charge on any atom is 0.344 e. The topological polar surface area (TPSA) is 52.6 Å². The Morgan fingerprint density at radius 1 is 0.472 bits per heavy atom. The van der Waals surface area contributed by atoms with Gasteiger partial charge in [-0.25, -0.2) is 4.79 Å². The van der Waals surface area contributed by atoms with Gasteiger partial charge in [0.15, 0.2) is 6.61 Å². The van der Waals surface area contributed by atoms with Crippen molar-refractivity contribution in [1.82, 2.24) is 0 Å². The molecule has 0 heterocycles. The third-order valence-electron chi connectivity index (χ3n) is 6.75. The van der Waals surface area contributed by atoms with E-state index in [0.29, 0.717) is 13.0 Å². The van der Waals surface area contributed by atoms with Gasteiger partial charge in [-0.2, -0.15) is 0 Å². The molecule has 0 aromatic rings. The molecule has 0 aromatic carbocycles. The molecule has 212 valence electrons. The fourth-order valence-corrected chi connectivity index (χ4v) is 4.37. The number of hydrogen-bond donors (Lipinski definition) is 0. The van der Waals surface area contributed by atoms with Gasteiger partial charge in [0, 0.05) is 6.42 Å². The standard InChI is InChI=1S/C32H60O4/c1-3-5-7-9-11-12-13-14-15-16-17-18-19-20-21-22-23-24-26-28-31(33)36-30-32(34)35-29-27-25-10-8-6-4-2/h14-15H,3-13,16-30H2,1-2H3. The summed E-state index contributed by atoms with van der Waals surface area (Å²) in [6.45, 7) is 4.65. The highest BCUT2D eigenvalue weighted by Crippen LogP contribution is 2.12. The van der Waals surface area contributed by atoms with E-state index in [1.165, 1.54) is 122 Å². The van der Waals surface area contributed by atoms with Crippen LogP contribution in [0.15, 0.2) is 12.2 Å². The quantitative estimate of drug-likeness (QED) is 0.0599. The van der Waals surface area contributed by atoms with Crippen LogP contribution in [0.4, 0.5) is 0 Å². The molecule has 0 fully saturated rings. The summed E-state index contributed by atoms with van der Waals surface area (Å²) in [5.41, 5.74) is 0. The largest absolute Gasteiger partial charge is 0.463 e. The summed E-state index contributed by atoms with van der Waals surface area (Å²) in [7, 11) is 0. The second kappa shape index (κ2) is 29.9. The Bertz CT molecular complexity index is 500. The van der Waals surface area contributed by atoms with Gasteiger partial charge in [0.2, 0.25) is 0 Å². The Kier molecular flexibility index (Phi) is 28.8. The molecule has 0 saturated heterocycles. The van der Waals surface area contributed by atoms with Gasteiger partial charge in [-0.3, -0.25) is 4.79 Å². The van der Waals surface area contributed by atoms with Crippen molar-refractivity contribution in [1.29, 1.82) is 0 Å². The van der Waals surface area contributed by atoms with Crippen LogP contribution in [-0.2, 0) is 19.1 Å². The molecule has 0 amide bonds. The van der Waals surface area contributed by atoms with Crippen LogP contribution in [0.2, 0.25) is 0 Å². The number of allylic oxidation sites excluding steroid dienone is 2. The molecule has 0 aliphatic heterocycles. The molecule has 0 aliphatic rings. The Hall–Kier alpha value is -1.32. The molecule has 0 bridgehead atoms. The van der Waals surface area contributed by atoms with Crippen molar-refractivity contribution in [2.24, 2.45) is 0 Å². The molecule has 4 heteroatoms. The smallest absolute Gasteiger partial charge is 0.344 e. The van der Waals surface area contributed by atoms with Gasteiger partial charge in [-0.15, -0.1) is 0 Å². The zero-order valence-electron chi connectivity index (χ0n) is 24.2. The molecule has 0 spiro atoms. The number of carbonyl (C=O) groups excluding carboxylic acids is 2. The van der Waals surface area contributed by atoms with Crippen LogP contribution in [-0.4, -0.2) is 25.2 Å². The average molecular weight is 509 g/mol. The van der Waals surface area contributed by atoms with E-state index < -0.39 is 5.97 Å². The third kappa shape index (κ3) is 28.9. The summed E-state index contributed by atoms with van der Waals surface area (Å²) in [5.74, 6) is -0.714. The highest BCUT2D eigenvalue weighted by atomic mass is 16.6. The lowest BCUT2D eigenvalue weighted by atomic mass is 10.1. The number of esters is 2. The molecule has 4 nitrogen and oxygen atoms in total. The van der Waals surface area contributed by atoms with Gasteiger partial charge in [0.1, 0.15) is 0 Å². The van der Waals surface area contributed by atoms with Crippen LogP contribution in [0.5, 0.6) is 0 Å². The predicted octanol–water partition coefficient (Wildman–Crippen LogP) is 10.0. The van der Waals surface area contributed by atoms with E-state index in [-0.39, 0.29) is 12.6 Å². The summed E-state index contributed by atoms with van der Waals surface area (Å²) in [6.07, 6.45) is 33.8. The molecule has 0 unspecified atom stereocenters. The minimum absolute atomic E-state index is 0.246. The Balaban J connectivity index is 3.29. The Morgan fingerprint density at radius 3 is 1.39 bits per heavy atom. The van der Waals surface area contributed by atoms with E-state index in [2.05, 4.69) is 26.0 Å². The monoisotopic (exact) mass is 508 g/mol. The first kappa shape index (κ1) is 34.7. The second-order valence-electron chi connectivity index (χ2n) is 10.4. The van der Waals surface area contributed by atoms with Crippen molar-refractivity contribution in [3.8, 4) is 0 Å². The molecule has 0 rings (SSSR count). The average Bonchev–Trinajstić information content (AvgIpc) is 2.88. The van der Waals surface area contributed by atoms with E-state index >= 15 is 0 Å². The molecule has 0 saturated carbocycles. The Labute approximate surface area is 224 Å². The van der Waals surface area contributed by atoms with Gasteiger partial charge < -0.3 is 9.47 Å². The molecule has 0 N–H and O–H groups in total. The fourth-order valence-electron chi connectivity index (χ4n) is 4.37. The van der Waals surface area contributed by atoms with Crippen LogP contribution < -0.4 is 0 Å². The molecule has 0 aromatic heterocycles. The maximum absolute atomic E-state index is 11.8. The van der Waals surface area contributed by atoms with Crippen LogP contribution in [0.1, 0.15) is 168 Å². The Morgan fingerprint density at radius 2 is 0.889 bits per heavy atom. The molecule has 0 atom stereocenters. The van der Waals surface area contributed by atoms with E-state index in [0.717, 1.165) is 25.7 Å². The van der Waals surface area contributed by atoms with Crippen LogP contribution in [0.3, 0.4) is 0 Å².